The molecule has 0 N–H and O–H groups in total. The molecular weight excluding hydrogens is 244 g/mol. The van der Waals surface area contributed by atoms with Crippen molar-refractivity contribution in [3.8, 4) is 0 Å². The topological polar surface area (TPSA) is 55.6 Å². The fourth-order valence-electron chi connectivity index (χ4n) is 2.91. The van der Waals surface area contributed by atoms with Gasteiger partial charge in [0.25, 0.3) is 5.69 Å². The molecule has 0 saturated carbocycles. The van der Waals surface area contributed by atoms with E-state index in [0.29, 0.717) is 5.92 Å². The van der Waals surface area contributed by atoms with Gasteiger partial charge >= 0.3 is 0 Å². The maximum atomic E-state index is 10.8. The summed E-state index contributed by atoms with van der Waals surface area (Å²) in [5.74, 6) is 0.691. The van der Waals surface area contributed by atoms with E-state index >= 15 is 0 Å². The molecule has 5 heteroatoms. The van der Waals surface area contributed by atoms with Gasteiger partial charge in [0, 0.05) is 31.8 Å². The van der Waals surface area contributed by atoms with E-state index in [-0.39, 0.29) is 16.8 Å². The zero-order chi connectivity index (χ0) is 13.4. The van der Waals surface area contributed by atoms with Crippen LogP contribution in [0, 0.1) is 16.0 Å². The molecule has 1 aromatic rings. The van der Waals surface area contributed by atoms with Crippen molar-refractivity contribution in [2.24, 2.45) is 5.92 Å². The molecule has 2 aliphatic rings. The van der Waals surface area contributed by atoms with E-state index in [2.05, 4.69) is 11.8 Å². The second-order valence-electron chi connectivity index (χ2n) is 5.57. The van der Waals surface area contributed by atoms with Crippen molar-refractivity contribution < 1.29 is 9.66 Å². The molecule has 0 radical (unpaired) electrons. The average Bonchev–Trinajstić information content (AvgIpc) is 2.81. The van der Waals surface area contributed by atoms with Crippen LogP contribution in [-0.2, 0) is 17.8 Å². The quantitative estimate of drug-likeness (QED) is 0.607. The molecule has 0 aliphatic carbocycles. The van der Waals surface area contributed by atoms with Crippen molar-refractivity contribution in [2.45, 2.75) is 39.1 Å². The van der Waals surface area contributed by atoms with Gasteiger partial charge in [0.1, 0.15) is 6.23 Å². The van der Waals surface area contributed by atoms with Gasteiger partial charge in [-0.1, -0.05) is 13.0 Å². The summed E-state index contributed by atoms with van der Waals surface area (Å²) in [5, 5.41) is 10.8. The minimum absolute atomic E-state index is 0.162. The Labute approximate surface area is 112 Å². The Balaban J connectivity index is 1.74. The number of fused-ring (bicyclic) bond motifs is 1. The van der Waals surface area contributed by atoms with Gasteiger partial charge in [-0.25, -0.2) is 0 Å². The summed E-state index contributed by atoms with van der Waals surface area (Å²) in [6.45, 7) is 4.67. The van der Waals surface area contributed by atoms with Crippen LogP contribution in [-0.4, -0.2) is 22.7 Å². The normalized spacial score (nSPS) is 27.2. The van der Waals surface area contributed by atoms with Crippen molar-refractivity contribution in [1.29, 1.82) is 0 Å². The number of non-ortho nitro benzene ring substituents is 1. The lowest BCUT2D eigenvalue weighted by atomic mass is 10.0. The molecular formula is C14H18N2O3. The highest BCUT2D eigenvalue weighted by Crippen LogP contribution is 2.31. The van der Waals surface area contributed by atoms with Crippen LogP contribution < -0.4 is 0 Å². The molecule has 5 nitrogen and oxygen atoms in total. The van der Waals surface area contributed by atoms with Gasteiger partial charge in [0.2, 0.25) is 0 Å². The lowest BCUT2D eigenvalue weighted by Crippen LogP contribution is -2.38. The van der Waals surface area contributed by atoms with Crippen LogP contribution in [0.3, 0.4) is 0 Å². The van der Waals surface area contributed by atoms with Crippen molar-refractivity contribution in [3.63, 3.8) is 0 Å². The molecule has 0 aromatic heterocycles. The first-order chi connectivity index (χ1) is 9.13. The Morgan fingerprint density at radius 2 is 2.16 bits per heavy atom. The largest absolute Gasteiger partial charge is 0.363 e. The molecule has 1 saturated heterocycles. The highest BCUT2D eigenvalue weighted by atomic mass is 16.6. The molecule has 1 aromatic carbocycles. The number of ether oxygens (including phenoxy) is 1. The first-order valence-corrected chi connectivity index (χ1v) is 6.75. The van der Waals surface area contributed by atoms with Crippen molar-refractivity contribution in [3.05, 3.63) is 39.4 Å². The van der Waals surface area contributed by atoms with Gasteiger partial charge in [-0.05, 0) is 29.9 Å². The fraction of sp³-hybridized carbons (Fsp3) is 0.571. The molecule has 102 valence electrons. The van der Waals surface area contributed by atoms with Crippen LogP contribution in [0.4, 0.5) is 5.69 Å². The van der Waals surface area contributed by atoms with Gasteiger partial charge in [-0.3, -0.25) is 15.0 Å². The van der Waals surface area contributed by atoms with E-state index in [9.17, 15) is 10.1 Å². The van der Waals surface area contributed by atoms with Gasteiger partial charge in [0.05, 0.1) is 4.92 Å². The monoisotopic (exact) mass is 262 g/mol. The molecule has 0 amide bonds. The SMILES string of the molecule is CC1CCOC(N2Cc3ccc([N+](=O)[O-])cc3C2)C1. The highest BCUT2D eigenvalue weighted by Gasteiger charge is 2.30. The minimum Gasteiger partial charge on any atom is -0.363 e. The first-order valence-electron chi connectivity index (χ1n) is 6.75. The van der Waals surface area contributed by atoms with Crippen LogP contribution in [0.25, 0.3) is 0 Å². The van der Waals surface area contributed by atoms with Crippen LogP contribution in [0.2, 0.25) is 0 Å². The lowest BCUT2D eigenvalue weighted by Gasteiger charge is -2.33. The third kappa shape index (κ3) is 2.48. The average molecular weight is 262 g/mol. The van der Waals surface area contributed by atoms with Gasteiger partial charge in [0.15, 0.2) is 0 Å². The Morgan fingerprint density at radius 1 is 1.37 bits per heavy atom. The summed E-state index contributed by atoms with van der Waals surface area (Å²) < 4.78 is 5.83. The molecule has 0 bridgehead atoms. The van der Waals surface area contributed by atoms with E-state index in [1.165, 1.54) is 5.56 Å². The van der Waals surface area contributed by atoms with E-state index in [0.717, 1.165) is 38.1 Å². The Morgan fingerprint density at radius 3 is 2.89 bits per heavy atom. The molecule has 0 spiro atoms. The van der Waals surface area contributed by atoms with Crippen molar-refractivity contribution in [1.82, 2.24) is 4.90 Å². The summed E-state index contributed by atoms with van der Waals surface area (Å²) in [6, 6.07) is 5.16. The summed E-state index contributed by atoms with van der Waals surface area (Å²) >= 11 is 0. The number of hydrogen-bond acceptors (Lipinski definition) is 4. The third-order valence-corrected chi connectivity index (χ3v) is 4.08. The summed E-state index contributed by atoms with van der Waals surface area (Å²) in [6.07, 6.45) is 2.34. The maximum Gasteiger partial charge on any atom is 0.269 e. The zero-order valence-corrected chi connectivity index (χ0v) is 11.0. The van der Waals surface area contributed by atoms with Gasteiger partial charge < -0.3 is 4.74 Å². The van der Waals surface area contributed by atoms with Gasteiger partial charge in [-0.15, -0.1) is 0 Å². The second kappa shape index (κ2) is 4.90. The van der Waals surface area contributed by atoms with E-state index in [4.69, 9.17) is 4.74 Å². The highest BCUT2D eigenvalue weighted by molar-refractivity contribution is 5.41. The fourth-order valence-corrected chi connectivity index (χ4v) is 2.91. The molecule has 3 rings (SSSR count). The summed E-state index contributed by atoms with van der Waals surface area (Å²) in [7, 11) is 0. The molecule has 2 unspecified atom stereocenters. The summed E-state index contributed by atoms with van der Waals surface area (Å²) in [5.41, 5.74) is 2.43. The molecule has 19 heavy (non-hydrogen) atoms. The van der Waals surface area contributed by atoms with Crippen LogP contribution >= 0.6 is 0 Å². The molecule has 2 heterocycles. The smallest absolute Gasteiger partial charge is 0.269 e. The van der Waals surface area contributed by atoms with Crippen LogP contribution in [0.1, 0.15) is 30.9 Å². The maximum absolute atomic E-state index is 10.8. The predicted molar refractivity (Wildman–Crippen MR) is 70.5 cm³/mol. The van der Waals surface area contributed by atoms with E-state index in [1.807, 2.05) is 6.07 Å². The number of nitro benzene ring substituents is 1. The summed E-state index contributed by atoms with van der Waals surface area (Å²) in [4.78, 5) is 12.7. The molecule has 2 aliphatic heterocycles. The van der Waals surface area contributed by atoms with Crippen molar-refractivity contribution in [2.75, 3.05) is 6.61 Å². The van der Waals surface area contributed by atoms with E-state index in [1.54, 1.807) is 12.1 Å². The third-order valence-electron chi connectivity index (χ3n) is 4.08. The Bertz CT molecular complexity index is 503. The van der Waals surface area contributed by atoms with Crippen LogP contribution in [0.15, 0.2) is 18.2 Å². The lowest BCUT2D eigenvalue weighted by molar-refractivity contribution is -0.384. The zero-order valence-electron chi connectivity index (χ0n) is 11.0. The molecule has 2 atom stereocenters. The Kier molecular flexibility index (Phi) is 3.24. The molecule has 1 fully saturated rings. The number of benzene rings is 1. The number of rotatable bonds is 2. The first kappa shape index (κ1) is 12.6. The number of nitrogens with zero attached hydrogens (tertiary/aromatic N) is 2. The van der Waals surface area contributed by atoms with Crippen LogP contribution in [0.5, 0.6) is 0 Å². The number of nitro groups is 1. The second-order valence-corrected chi connectivity index (χ2v) is 5.57. The van der Waals surface area contributed by atoms with Crippen molar-refractivity contribution >= 4 is 5.69 Å². The minimum atomic E-state index is -0.331. The predicted octanol–water partition coefficient (Wildman–Crippen LogP) is 2.68. The van der Waals surface area contributed by atoms with Gasteiger partial charge in [-0.2, -0.15) is 0 Å². The Hall–Kier alpha value is -1.46. The van der Waals surface area contributed by atoms with E-state index < -0.39 is 0 Å². The standard InChI is InChI=1S/C14H18N2O3/c1-10-4-5-19-14(6-10)15-8-11-2-3-13(16(17)18)7-12(11)9-15/h2-3,7,10,14H,4-6,8-9H2,1H3. The number of hydrogen-bond donors (Lipinski definition) is 0.